The Morgan fingerprint density at radius 1 is 1.16 bits per heavy atom. The van der Waals surface area contributed by atoms with Gasteiger partial charge in [0.15, 0.2) is 0 Å². The van der Waals surface area contributed by atoms with E-state index >= 15 is 0 Å². The fraction of sp³-hybridized carbons (Fsp3) is 0.650. The zero-order chi connectivity index (χ0) is 17.4. The van der Waals surface area contributed by atoms with Crippen LogP contribution in [0.2, 0.25) is 0 Å². The molecule has 0 radical (unpaired) electrons. The van der Waals surface area contributed by atoms with E-state index in [1.807, 2.05) is 11.0 Å². The van der Waals surface area contributed by atoms with E-state index in [0.29, 0.717) is 11.0 Å². The number of amides is 2. The molecule has 25 heavy (non-hydrogen) atoms. The summed E-state index contributed by atoms with van der Waals surface area (Å²) in [5, 5.41) is 2.87. The van der Waals surface area contributed by atoms with Crippen molar-refractivity contribution >= 4 is 11.8 Å². The van der Waals surface area contributed by atoms with Crippen LogP contribution in [0.3, 0.4) is 0 Å². The van der Waals surface area contributed by atoms with Gasteiger partial charge in [-0.05, 0) is 75.3 Å². The standard InChI is InChI=1S/C20H27N3O2/c1-14(19(25)23-10-8-20(6-7-20)9-11-23)22-18(24)16-12-15-4-2-3-5-17(15)21-13-16/h12-14H,2-11H2,1H3,(H,22,24)/t14-/m0/s1. The van der Waals surface area contributed by atoms with E-state index < -0.39 is 6.04 Å². The molecule has 0 aromatic carbocycles. The number of aryl methyl sites for hydroxylation is 2. The lowest BCUT2D eigenvalue weighted by Crippen LogP contribution is -2.49. The minimum absolute atomic E-state index is 0.0368. The Balaban J connectivity index is 1.36. The van der Waals surface area contributed by atoms with Gasteiger partial charge in [-0.2, -0.15) is 0 Å². The normalized spacial score (nSPS) is 22.2. The third-order valence-corrected chi connectivity index (χ3v) is 6.24. The van der Waals surface area contributed by atoms with Crippen molar-refractivity contribution in [2.75, 3.05) is 13.1 Å². The van der Waals surface area contributed by atoms with E-state index in [2.05, 4.69) is 10.3 Å². The molecule has 2 heterocycles. The van der Waals surface area contributed by atoms with E-state index in [1.54, 1.807) is 13.1 Å². The SMILES string of the molecule is C[C@H](NC(=O)c1cnc2c(c1)CCCC2)C(=O)N1CCC2(CC1)CC2. The second-order valence-corrected chi connectivity index (χ2v) is 8.06. The molecule has 1 aliphatic heterocycles. The van der Waals surface area contributed by atoms with Crippen molar-refractivity contribution in [1.82, 2.24) is 15.2 Å². The van der Waals surface area contributed by atoms with Crippen molar-refractivity contribution in [1.29, 1.82) is 0 Å². The molecule has 2 fully saturated rings. The number of nitrogens with zero attached hydrogens (tertiary/aromatic N) is 2. The topological polar surface area (TPSA) is 62.3 Å². The van der Waals surface area contributed by atoms with E-state index in [9.17, 15) is 9.59 Å². The van der Waals surface area contributed by atoms with Crippen molar-refractivity contribution < 1.29 is 9.59 Å². The number of hydrogen-bond donors (Lipinski definition) is 1. The van der Waals surface area contributed by atoms with Gasteiger partial charge in [0.1, 0.15) is 6.04 Å². The first-order valence-corrected chi connectivity index (χ1v) is 9.64. The monoisotopic (exact) mass is 341 g/mol. The molecule has 3 aliphatic rings. The molecule has 1 spiro atoms. The van der Waals surface area contributed by atoms with E-state index in [1.165, 1.54) is 24.8 Å². The number of aromatic nitrogens is 1. The Hall–Kier alpha value is -1.91. The predicted octanol–water partition coefficient (Wildman–Crippen LogP) is 2.48. The molecule has 1 saturated carbocycles. The Labute approximate surface area is 149 Å². The van der Waals surface area contributed by atoms with Crippen molar-refractivity contribution in [2.24, 2.45) is 5.41 Å². The Kier molecular flexibility index (Phi) is 4.26. The molecule has 5 heteroatoms. The lowest BCUT2D eigenvalue weighted by Gasteiger charge is -2.33. The second-order valence-electron chi connectivity index (χ2n) is 8.06. The number of rotatable bonds is 3. The molecule has 2 amide bonds. The third-order valence-electron chi connectivity index (χ3n) is 6.24. The van der Waals surface area contributed by atoms with Crippen LogP contribution >= 0.6 is 0 Å². The van der Waals surface area contributed by atoms with Crippen LogP contribution < -0.4 is 5.32 Å². The first-order valence-electron chi connectivity index (χ1n) is 9.64. The van der Waals surface area contributed by atoms with Crippen molar-refractivity contribution in [3.63, 3.8) is 0 Å². The smallest absolute Gasteiger partial charge is 0.253 e. The van der Waals surface area contributed by atoms with Crippen LogP contribution in [-0.4, -0.2) is 40.8 Å². The molecule has 0 bridgehead atoms. The zero-order valence-corrected chi connectivity index (χ0v) is 15.0. The van der Waals surface area contributed by atoms with E-state index in [-0.39, 0.29) is 11.8 Å². The van der Waals surface area contributed by atoms with Crippen molar-refractivity contribution in [3.8, 4) is 0 Å². The average Bonchev–Trinajstić information content (AvgIpc) is 3.40. The molecule has 1 atom stereocenters. The quantitative estimate of drug-likeness (QED) is 0.919. The molecule has 4 rings (SSSR count). The largest absolute Gasteiger partial charge is 0.341 e. The molecular weight excluding hydrogens is 314 g/mol. The number of fused-ring (bicyclic) bond motifs is 1. The molecule has 134 valence electrons. The van der Waals surface area contributed by atoms with Crippen LogP contribution in [0.5, 0.6) is 0 Å². The summed E-state index contributed by atoms with van der Waals surface area (Å²) in [5.41, 5.74) is 3.42. The number of pyridine rings is 1. The number of piperidine rings is 1. The Morgan fingerprint density at radius 2 is 1.88 bits per heavy atom. The third kappa shape index (κ3) is 3.42. The van der Waals surface area contributed by atoms with Crippen LogP contribution in [0, 0.1) is 5.41 Å². The minimum atomic E-state index is -0.489. The van der Waals surface area contributed by atoms with Gasteiger partial charge < -0.3 is 10.2 Å². The van der Waals surface area contributed by atoms with Crippen LogP contribution in [0.15, 0.2) is 12.3 Å². The zero-order valence-electron chi connectivity index (χ0n) is 15.0. The molecule has 1 aromatic rings. The van der Waals surface area contributed by atoms with Gasteiger partial charge in [0, 0.05) is 25.0 Å². The number of carbonyl (C=O) groups is 2. The molecule has 1 N–H and O–H groups in total. The van der Waals surface area contributed by atoms with Gasteiger partial charge in [0.2, 0.25) is 5.91 Å². The van der Waals surface area contributed by atoms with Gasteiger partial charge in [-0.25, -0.2) is 0 Å². The molecule has 2 aliphatic carbocycles. The fourth-order valence-corrected chi connectivity index (χ4v) is 4.21. The second kappa shape index (κ2) is 6.43. The molecular formula is C20H27N3O2. The maximum Gasteiger partial charge on any atom is 0.253 e. The lowest BCUT2D eigenvalue weighted by atomic mass is 9.93. The van der Waals surface area contributed by atoms with Crippen LogP contribution in [0.25, 0.3) is 0 Å². The first kappa shape index (κ1) is 16.6. The Bertz CT molecular complexity index is 686. The van der Waals surface area contributed by atoms with Gasteiger partial charge in [-0.1, -0.05) is 0 Å². The summed E-state index contributed by atoms with van der Waals surface area (Å²) in [5.74, 6) is -0.160. The van der Waals surface area contributed by atoms with Gasteiger partial charge in [-0.3, -0.25) is 14.6 Å². The van der Waals surface area contributed by atoms with Gasteiger partial charge >= 0.3 is 0 Å². The fourth-order valence-electron chi connectivity index (χ4n) is 4.21. The average molecular weight is 341 g/mol. The highest BCUT2D eigenvalue weighted by Crippen LogP contribution is 2.53. The lowest BCUT2D eigenvalue weighted by molar-refractivity contribution is -0.134. The van der Waals surface area contributed by atoms with Crippen molar-refractivity contribution in [3.05, 3.63) is 29.1 Å². The number of nitrogens with one attached hydrogen (secondary N) is 1. The number of hydrogen-bond acceptors (Lipinski definition) is 3. The highest BCUT2D eigenvalue weighted by atomic mass is 16.2. The molecule has 5 nitrogen and oxygen atoms in total. The summed E-state index contributed by atoms with van der Waals surface area (Å²) in [6, 6.07) is 1.46. The summed E-state index contributed by atoms with van der Waals surface area (Å²) >= 11 is 0. The summed E-state index contributed by atoms with van der Waals surface area (Å²) in [6.45, 7) is 3.45. The van der Waals surface area contributed by atoms with Crippen molar-refractivity contribution in [2.45, 2.75) is 64.3 Å². The molecule has 0 unspecified atom stereocenters. The highest BCUT2D eigenvalue weighted by molar-refractivity contribution is 5.97. The van der Waals surface area contributed by atoms with E-state index in [4.69, 9.17) is 0 Å². The van der Waals surface area contributed by atoms with Gasteiger partial charge in [-0.15, -0.1) is 0 Å². The predicted molar refractivity (Wildman–Crippen MR) is 95.3 cm³/mol. The Morgan fingerprint density at radius 3 is 2.60 bits per heavy atom. The maximum atomic E-state index is 12.6. The molecule has 1 saturated heterocycles. The highest BCUT2D eigenvalue weighted by Gasteiger charge is 2.45. The van der Waals surface area contributed by atoms with Crippen LogP contribution in [0.1, 0.15) is 67.1 Å². The minimum Gasteiger partial charge on any atom is -0.341 e. The van der Waals surface area contributed by atoms with Gasteiger partial charge in [0.05, 0.1) is 5.56 Å². The van der Waals surface area contributed by atoms with E-state index in [0.717, 1.165) is 50.9 Å². The maximum absolute atomic E-state index is 12.6. The first-order chi connectivity index (χ1) is 12.1. The summed E-state index contributed by atoms with van der Waals surface area (Å²) in [7, 11) is 0. The van der Waals surface area contributed by atoms with Crippen LogP contribution in [0.4, 0.5) is 0 Å². The summed E-state index contributed by atoms with van der Waals surface area (Å²) in [6.07, 6.45) is 10.9. The summed E-state index contributed by atoms with van der Waals surface area (Å²) < 4.78 is 0. The number of likely N-dealkylation sites (tertiary alicyclic amines) is 1. The summed E-state index contributed by atoms with van der Waals surface area (Å²) in [4.78, 5) is 31.5. The van der Waals surface area contributed by atoms with Crippen LogP contribution in [-0.2, 0) is 17.6 Å². The molecule has 1 aromatic heterocycles. The number of carbonyl (C=O) groups excluding carboxylic acids is 2. The van der Waals surface area contributed by atoms with Gasteiger partial charge in [0.25, 0.3) is 5.91 Å².